The van der Waals surface area contributed by atoms with E-state index in [0.717, 1.165) is 30.4 Å². The third-order valence-corrected chi connectivity index (χ3v) is 9.78. The van der Waals surface area contributed by atoms with Gasteiger partial charge in [-0.1, -0.05) is 69.2 Å². The van der Waals surface area contributed by atoms with Gasteiger partial charge in [0.2, 0.25) is 17.7 Å². The van der Waals surface area contributed by atoms with Crippen molar-refractivity contribution < 1.29 is 23.9 Å². The lowest BCUT2D eigenvalue weighted by molar-refractivity contribution is -0.142. The van der Waals surface area contributed by atoms with Crippen LogP contribution in [0.4, 0.5) is 5.69 Å². The molecular formula is C33H39N3O5. The molecular weight excluding hydrogens is 518 g/mol. The Hall–Kier alpha value is -3.65. The van der Waals surface area contributed by atoms with Gasteiger partial charge in [-0.3, -0.25) is 14.4 Å². The molecule has 2 bridgehead atoms. The van der Waals surface area contributed by atoms with Crippen molar-refractivity contribution in [3.8, 4) is 5.75 Å². The molecule has 41 heavy (non-hydrogen) atoms. The fourth-order valence-electron chi connectivity index (χ4n) is 7.45. The van der Waals surface area contributed by atoms with Crippen molar-refractivity contribution in [3.63, 3.8) is 0 Å². The van der Waals surface area contributed by atoms with Gasteiger partial charge in [-0.15, -0.1) is 0 Å². The van der Waals surface area contributed by atoms with Crippen LogP contribution < -0.4 is 15.4 Å². The number of para-hydroxylation sites is 1. The van der Waals surface area contributed by atoms with E-state index >= 15 is 0 Å². The summed E-state index contributed by atoms with van der Waals surface area (Å²) in [6.07, 6.45) is 6.23. The molecule has 0 unspecified atom stereocenters. The Bertz CT molecular complexity index is 1390. The summed E-state index contributed by atoms with van der Waals surface area (Å²) in [5.41, 5.74) is 1.26. The van der Waals surface area contributed by atoms with Crippen LogP contribution in [0.5, 0.6) is 5.75 Å². The minimum absolute atomic E-state index is 0.0212. The Morgan fingerprint density at radius 3 is 2.68 bits per heavy atom. The summed E-state index contributed by atoms with van der Waals surface area (Å²) in [5, 5.41) is 6.31. The number of methoxy groups -OCH3 is 1. The fourth-order valence-corrected chi connectivity index (χ4v) is 7.45. The first-order chi connectivity index (χ1) is 19.7. The standard InChI is InChI=1S/C33H39N3O5/c1-19-9-7-12-23(17-19)34-30(37)27-26-15-16-33(41-26)28(27)32(39)36(18-22-11-5-6-14-25(22)40-4)29(33)31(38)35-24-13-8-10-20(2)21(24)3/h5-7,9,11-12,14-17,20-21,24,26-29H,8,10,13,18H2,1-4H3,(H,34,37)(H,35,38)/t20-,21+,24+,26-,27+,28-,29-,33-/m0/s1. The Balaban J connectivity index is 1.35. The summed E-state index contributed by atoms with van der Waals surface area (Å²) < 4.78 is 12.1. The Morgan fingerprint density at radius 1 is 1.10 bits per heavy atom. The number of fused-ring (bicyclic) bond motifs is 1. The monoisotopic (exact) mass is 557 g/mol. The lowest BCUT2D eigenvalue weighted by Gasteiger charge is -2.38. The highest BCUT2D eigenvalue weighted by molar-refractivity contribution is 6.02. The normalized spacial score (nSPS) is 33.5. The number of anilines is 1. The maximum atomic E-state index is 14.3. The summed E-state index contributed by atoms with van der Waals surface area (Å²) in [7, 11) is 1.59. The lowest BCUT2D eigenvalue weighted by Crippen LogP contribution is -2.57. The van der Waals surface area contributed by atoms with Crippen molar-refractivity contribution in [1.29, 1.82) is 0 Å². The van der Waals surface area contributed by atoms with Crippen molar-refractivity contribution in [2.45, 2.75) is 70.4 Å². The molecule has 2 N–H and O–H groups in total. The van der Waals surface area contributed by atoms with Gasteiger partial charge in [0.05, 0.1) is 31.6 Å². The zero-order chi connectivity index (χ0) is 28.9. The summed E-state index contributed by atoms with van der Waals surface area (Å²) in [5.74, 6) is -0.858. The molecule has 1 aliphatic carbocycles. The van der Waals surface area contributed by atoms with Crippen molar-refractivity contribution in [3.05, 3.63) is 71.8 Å². The maximum absolute atomic E-state index is 14.3. The van der Waals surface area contributed by atoms with Crippen molar-refractivity contribution in [2.75, 3.05) is 12.4 Å². The zero-order valence-corrected chi connectivity index (χ0v) is 24.1. The van der Waals surface area contributed by atoms with E-state index in [1.807, 2.05) is 67.6 Å². The van der Waals surface area contributed by atoms with E-state index in [2.05, 4.69) is 24.5 Å². The number of nitrogens with zero attached hydrogens (tertiary/aromatic N) is 1. The summed E-state index contributed by atoms with van der Waals surface area (Å²) in [4.78, 5) is 43.9. The van der Waals surface area contributed by atoms with Crippen LogP contribution in [0.15, 0.2) is 60.7 Å². The molecule has 6 rings (SSSR count). The molecule has 8 nitrogen and oxygen atoms in total. The molecule has 0 aromatic heterocycles. The smallest absolute Gasteiger partial charge is 0.246 e. The number of hydrogen-bond acceptors (Lipinski definition) is 5. The Labute approximate surface area is 241 Å². The quantitative estimate of drug-likeness (QED) is 0.497. The van der Waals surface area contributed by atoms with Crippen molar-refractivity contribution in [2.24, 2.45) is 23.7 Å². The highest BCUT2D eigenvalue weighted by atomic mass is 16.5. The second-order valence-corrected chi connectivity index (χ2v) is 12.2. The molecule has 8 atom stereocenters. The van der Waals surface area contributed by atoms with Gasteiger partial charge in [-0.2, -0.15) is 0 Å². The van der Waals surface area contributed by atoms with Crippen LogP contribution in [-0.4, -0.2) is 53.5 Å². The predicted molar refractivity (Wildman–Crippen MR) is 155 cm³/mol. The third kappa shape index (κ3) is 4.62. The number of carbonyl (C=O) groups is 3. The number of likely N-dealkylation sites (tertiary alicyclic amines) is 1. The second-order valence-electron chi connectivity index (χ2n) is 12.2. The number of carbonyl (C=O) groups excluding carboxylic acids is 3. The van der Waals surface area contributed by atoms with Crippen LogP contribution in [0.2, 0.25) is 0 Å². The molecule has 3 heterocycles. The lowest BCUT2D eigenvalue weighted by atomic mass is 9.73. The number of ether oxygens (including phenoxy) is 2. The van der Waals surface area contributed by atoms with Gasteiger partial charge in [-0.05, 0) is 48.9 Å². The molecule has 4 aliphatic rings. The zero-order valence-electron chi connectivity index (χ0n) is 24.1. The fraction of sp³-hybridized carbons (Fsp3) is 0.485. The first kappa shape index (κ1) is 27.5. The van der Waals surface area contributed by atoms with Gasteiger partial charge in [-0.25, -0.2) is 0 Å². The predicted octanol–water partition coefficient (Wildman–Crippen LogP) is 4.23. The van der Waals surface area contributed by atoms with Gasteiger partial charge >= 0.3 is 0 Å². The van der Waals surface area contributed by atoms with Crippen LogP contribution in [0.25, 0.3) is 0 Å². The van der Waals surface area contributed by atoms with E-state index in [0.29, 0.717) is 23.3 Å². The van der Waals surface area contributed by atoms with E-state index in [1.165, 1.54) is 0 Å². The van der Waals surface area contributed by atoms with E-state index in [-0.39, 0.29) is 30.3 Å². The van der Waals surface area contributed by atoms with Crippen LogP contribution in [0, 0.1) is 30.6 Å². The number of rotatable bonds is 7. The van der Waals surface area contributed by atoms with Gasteiger partial charge in [0.15, 0.2) is 0 Å². The Morgan fingerprint density at radius 2 is 1.90 bits per heavy atom. The Kier molecular flexibility index (Phi) is 7.14. The topological polar surface area (TPSA) is 97.0 Å². The molecule has 0 radical (unpaired) electrons. The highest BCUT2D eigenvalue weighted by Crippen LogP contribution is 2.55. The van der Waals surface area contributed by atoms with Gasteiger partial charge < -0.3 is 25.0 Å². The van der Waals surface area contributed by atoms with E-state index in [4.69, 9.17) is 9.47 Å². The molecule has 1 spiro atoms. The maximum Gasteiger partial charge on any atom is 0.246 e. The van der Waals surface area contributed by atoms with Crippen LogP contribution in [0.1, 0.15) is 44.2 Å². The molecule has 3 aliphatic heterocycles. The molecule has 2 aromatic rings. The molecule has 8 heteroatoms. The van der Waals surface area contributed by atoms with Crippen LogP contribution in [-0.2, 0) is 25.7 Å². The summed E-state index contributed by atoms with van der Waals surface area (Å²) in [6.45, 7) is 6.55. The number of amides is 3. The first-order valence-corrected chi connectivity index (χ1v) is 14.7. The van der Waals surface area contributed by atoms with Gasteiger partial charge in [0.25, 0.3) is 0 Å². The van der Waals surface area contributed by atoms with E-state index in [9.17, 15) is 14.4 Å². The SMILES string of the molecule is COc1ccccc1CN1C(=O)[C@@H]2[C@H](C(=O)Nc3cccc(C)c3)[C@@H]3C=C[C@@]2(O3)[C@@H]1C(=O)N[C@@H]1CCC[C@H](C)[C@H]1C. The molecule has 3 fully saturated rings. The van der Waals surface area contributed by atoms with E-state index < -0.39 is 29.6 Å². The first-order valence-electron chi connectivity index (χ1n) is 14.7. The molecule has 2 saturated heterocycles. The molecule has 1 saturated carbocycles. The number of hydrogen-bond donors (Lipinski definition) is 2. The van der Waals surface area contributed by atoms with Gasteiger partial charge in [0, 0.05) is 17.3 Å². The molecule has 3 amide bonds. The van der Waals surface area contributed by atoms with E-state index in [1.54, 1.807) is 12.0 Å². The van der Waals surface area contributed by atoms with Gasteiger partial charge in [0.1, 0.15) is 17.4 Å². The molecule has 216 valence electrons. The second kappa shape index (κ2) is 10.6. The summed E-state index contributed by atoms with van der Waals surface area (Å²) in [6, 6.07) is 14.2. The molecule has 2 aromatic carbocycles. The number of aryl methyl sites for hydroxylation is 1. The van der Waals surface area contributed by atoms with Crippen LogP contribution >= 0.6 is 0 Å². The number of benzene rings is 2. The highest BCUT2D eigenvalue weighted by Gasteiger charge is 2.72. The third-order valence-electron chi connectivity index (χ3n) is 9.78. The average molecular weight is 558 g/mol. The minimum Gasteiger partial charge on any atom is -0.496 e. The average Bonchev–Trinajstić information content (AvgIpc) is 3.59. The van der Waals surface area contributed by atoms with Crippen LogP contribution in [0.3, 0.4) is 0 Å². The largest absolute Gasteiger partial charge is 0.496 e. The number of nitrogens with one attached hydrogen (secondary N) is 2. The summed E-state index contributed by atoms with van der Waals surface area (Å²) >= 11 is 0. The van der Waals surface area contributed by atoms with Crippen molar-refractivity contribution >= 4 is 23.4 Å². The minimum atomic E-state index is -1.22. The van der Waals surface area contributed by atoms with Crippen molar-refractivity contribution in [1.82, 2.24) is 10.2 Å².